The van der Waals surface area contributed by atoms with Gasteiger partial charge in [0.1, 0.15) is 5.75 Å². The van der Waals surface area contributed by atoms with Gasteiger partial charge in [-0.2, -0.15) is 8.78 Å². The van der Waals surface area contributed by atoms with Crippen LogP contribution in [0.5, 0.6) is 17.2 Å². The number of hydrogen-bond donors (Lipinski definition) is 0. The maximum absolute atomic E-state index is 12.5. The van der Waals surface area contributed by atoms with E-state index in [0.717, 1.165) is 17.3 Å². The van der Waals surface area contributed by atoms with Gasteiger partial charge < -0.3 is 23.5 Å². The molecular weight excluding hydrogens is 456 g/mol. The third-order valence-corrected chi connectivity index (χ3v) is 5.21. The summed E-state index contributed by atoms with van der Waals surface area (Å²) >= 11 is 1.11. The summed E-state index contributed by atoms with van der Waals surface area (Å²) in [6, 6.07) is 12.1. The third-order valence-electron chi connectivity index (χ3n) is 4.41. The Labute approximate surface area is 193 Å². The molecule has 1 amide bonds. The molecule has 0 aliphatic heterocycles. The lowest BCUT2D eigenvalue weighted by atomic mass is 10.2. The first-order valence-corrected chi connectivity index (χ1v) is 10.8. The summed E-state index contributed by atoms with van der Waals surface area (Å²) in [6.07, 6.45) is 0. The number of hydrogen-bond acceptors (Lipinski definition) is 8. The summed E-state index contributed by atoms with van der Waals surface area (Å²) in [5, 5.41) is 8.11. The highest BCUT2D eigenvalue weighted by molar-refractivity contribution is 7.99. The topological polar surface area (TPSA) is 86.9 Å². The summed E-state index contributed by atoms with van der Waals surface area (Å²) in [6.45, 7) is -0.608. The first-order valence-electron chi connectivity index (χ1n) is 9.84. The fraction of sp³-hybridized carbons (Fsp3) is 0.318. The number of aromatic nitrogens is 2. The smallest absolute Gasteiger partial charge is 0.387 e. The molecule has 0 fully saturated rings. The molecule has 1 heterocycles. The maximum atomic E-state index is 12.5. The second-order valence-electron chi connectivity index (χ2n) is 6.97. The molecule has 0 spiro atoms. The van der Waals surface area contributed by atoms with Gasteiger partial charge in [-0.25, -0.2) is 0 Å². The number of methoxy groups -OCH3 is 1. The van der Waals surface area contributed by atoms with Crippen molar-refractivity contribution in [2.45, 2.75) is 31.9 Å². The Bertz CT molecular complexity index is 1080. The van der Waals surface area contributed by atoms with Crippen molar-refractivity contribution < 1.29 is 32.2 Å². The largest absolute Gasteiger partial charge is 0.493 e. The van der Waals surface area contributed by atoms with Crippen molar-refractivity contribution in [3.8, 4) is 17.2 Å². The SMILES string of the molecule is COc1cc(CN(C)C(=O)CSc2nnc(COc3cccc(C)c3)o2)ccc1OC(F)F. The van der Waals surface area contributed by atoms with E-state index in [9.17, 15) is 13.6 Å². The zero-order chi connectivity index (χ0) is 23.8. The molecule has 3 rings (SSSR count). The van der Waals surface area contributed by atoms with Crippen LogP contribution in [0.4, 0.5) is 8.78 Å². The number of ether oxygens (including phenoxy) is 3. The highest BCUT2D eigenvalue weighted by Gasteiger charge is 2.16. The first kappa shape index (κ1) is 24.3. The summed E-state index contributed by atoms with van der Waals surface area (Å²) in [7, 11) is 2.99. The standard InChI is InChI=1S/C22H23F2N3O5S/c1-14-5-4-6-16(9-14)30-12-19-25-26-22(32-19)33-13-20(28)27(2)11-15-7-8-17(31-21(23)24)18(10-15)29-3/h4-10,21H,11-13H2,1-3H3. The molecule has 11 heteroatoms. The Hall–Kier alpha value is -3.34. The molecule has 0 atom stereocenters. The molecule has 0 saturated carbocycles. The molecule has 2 aromatic carbocycles. The van der Waals surface area contributed by atoms with Crippen LogP contribution >= 0.6 is 11.8 Å². The van der Waals surface area contributed by atoms with Gasteiger partial charge in [0.2, 0.25) is 5.91 Å². The van der Waals surface area contributed by atoms with Gasteiger partial charge in [0.25, 0.3) is 11.1 Å². The monoisotopic (exact) mass is 479 g/mol. The maximum Gasteiger partial charge on any atom is 0.387 e. The fourth-order valence-corrected chi connectivity index (χ4v) is 3.53. The number of carbonyl (C=O) groups is 1. The highest BCUT2D eigenvalue weighted by atomic mass is 32.2. The molecule has 8 nitrogen and oxygen atoms in total. The van der Waals surface area contributed by atoms with E-state index in [1.807, 2.05) is 31.2 Å². The van der Waals surface area contributed by atoms with Gasteiger partial charge in [-0.1, -0.05) is 30.0 Å². The van der Waals surface area contributed by atoms with Crippen LogP contribution in [0, 0.1) is 6.92 Å². The van der Waals surface area contributed by atoms with E-state index < -0.39 is 6.61 Å². The fourth-order valence-electron chi connectivity index (χ4n) is 2.80. The predicted molar refractivity (Wildman–Crippen MR) is 117 cm³/mol. The second-order valence-corrected chi connectivity index (χ2v) is 7.90. The lowest BCUT2D eigenvalue weighted by Crippen LogP contribution is -2.27. The van der Waals surface area contributed by atoms with Crippen molar-refractivity contribution >= 4 is 17.7 Å². The van der Waals surface area contributed by atoms with Crippen LogP contribution in [0.15, 0.2) is 52.1 Å². The molecule has 0 aliphatic carbocycles. The van der Waals surface area contributed by atoms with Crippen molar-refractivity contribution in [3.63, 3.8) is 0 Å². The number of alkyl halides is 2. The Morgan fingerprint density at radius 3 is 2.73 bits per heavy atom. The van der Waals surface area contributed by atoms with Gasteiger partial charge in [-0.3, -0.25) is 4.79 Å². The first-order chi connectivity index (χ1) is 15.8. The van der Waals surface area contributed by atoms with Gasteiger partial charge in [0, 0.05) is 13.6 Å². The molecule has 33 heavy (non-hydrogen) atoms. The number of benzene rings is 2. The van der Waals surface area contributed by atoms with Crippen LogP contribution in [-0.2, 0) is 17.9 Å². The molecule has 3 aromatic rings. The average molecular weight is 480 g/mol. The zero-order valence-corrected chi connectivity index (χ0v) is 19.1. The number of carbonyl (C=O) groups excluding carboxylic acids is 1. The number of thioether (sulfide) groups is 1. The third kappa shape index (κ3) is 7.35. The molecule has 0 aliphatic rings. The minimum absolute atomic E-state index is 0.0700. The molecule has 0 saturated heterocycles. The van der Waals surface area contributed by atoms with Crippen molar-refractivity contribution in [2.24, 2.45) is 0 Å². The van der Waals surface area contributed by atoms with Crippen molar-refractivity contribution in [2.75, 3.05) is 19.9 Å². The number of amides is 1. The second kappa shape index (κ2) is 11.5. The van der Waals surface area contributed by atoms with E-state index in [2.05, 4.69) is 14.9 Å². The van der Waals surface area contributed by atoms with Crippen LogP contribution in [0.2, 0.25) is 0 Å². The van der Waals surface area contributed by atoms with E-state index in [4.69, 9.17) is 13.9 Å². The van der Waals surface area contributed by atoms with Crippen LogP contribution in [0.3, 0.4) is 0 Å². The number of halogens is 2. The van der Waals surface area contributed by atoms with Gasteiger partial charge >= 0.3 is 6.61 Å². The predicted octanol–water partition coefficient (Wildman–Crippen LogP) is 4.32. The Balaban J connectivity index is 1.48. The van der Waals surface area contributed by atoms with Crippen molar-refractivity contribution in [1.82, 2.24) is 15.1 Å². The number of nitrogens with zero attached hydrogens (tertiary/aromatic N) is 3. The van der Waals surface area contributed by atoms with Gasteiger partial charge in [-0.15, -0.1) is 10.2 Å². The summed E-state index contributed by atoms with van der Waals surface area (Å²) in [5.74, 6) is 1.000. The Morgan fingerprint density at radius 2 is 2.00 bits per heavy atom. The van der Waals surface area contributed by atoms with E-state index in [1.165, 1.54) is 18.1 Å². The molecule has 0 bridgehead atoms. The zero-order valence-electron chi connectivity index (χ0n) is 18.3. The van der Waals surface area contributed by atoms with Crippen LogP contribution in [-0.4, -0.2) is 47.5 Å². The Kier molecular flexibility index (Phi) is 8.47. The van der Waals surface area contributed by atoms with Crippen molar-refractivity contribution in [1.29, 1.82) is 0 Å². The van der Waals surface area contributed by atoms with Gasteiger partial charge in [0.15, 0.2) is 18.1 Å². The van der Waals surface area contributed by atoms with Gasteiger partial charge in [-0.05, 0) is 42.3 Å². The number of rotatable bonds is 11. The number of aryl methyl sites for hydroxylation is 1. The minimum atomic E-state index is -2.95. The molecule has 0 radical (unpaired) electrons. The summed E-state index contributed by atoms with van der Waals surface area (Å²) in [5.41, 5.74) is 1.77. The molecule has 176 valence electrons. The summed E-state index contributed by atoms with van der Waals surface area (Å²) < 4.78 is 45.5. The highest BCUT2D eigenvalue weighted by Crippen LogP contribution is 2.30. The molecule has 0 unspecified atom stereocenters. The van der Waals surface area contributed by atoms with E-state index >= 15 is 0 Å². The molecular formula is C22H23F2N3O5S. The van der Waals surface area contributed by atoms with Crippen molar-refractivity contribution in [3.05, 3.63) is 59.5 Å². The molecule has 0 N–H and O–H groups in total. The quantitative estimate of drug-likeness (QED) is 0.376. The van der Waals surface area contributed by atoms with Crippen LogP contribution in [0.25, 0.3) is 0 Å². The Morgan fingerprint density at radius 1 is 1.18 bits per heavy atom. The normalized spacial score (nSPS) is 10.8. The summed E-state index contributed by atoms with van der Waals surface area (Å²) in [4.78, 5) is 14.0. The van der Waals surface area contributed by atoms with Gasteiger partial charge in [0.05, 0.1) is 12.9 Å². The van der Waals surface area contributed by atoms with E-state index in [-0.39, 0.29) is 41.5 Å². The van der Waals surface area contributed by atoms with E-state index in [0.29, 0.717) is 17.2 Å². The minimum Gasteiger partial charge on any atom is -0.493 e. The lowest BCUT2D eigenvalue weighted by Gasteiger charge is -2.18. The van der Waals surface area contributed by atoms with Crippen LogP contribution in [0.1, 0.15) is 17.0 Å². The lowest BCUT2D eigenvalue weighted by molar-refractivity contribution is -0.127. The van der Waals surface area contributed by atoms with Crippen LogP contribution < -0.4 is 14.2 Å². The molecule has 1 aromatic heterocycles. The van der Waals surface area contributed by atoms with E-state index in [1.54, 1.807) is 19.2 Å². The average Bonchev–Trinajstić information content (AvgIpc) is 3.24.